The van der Waals surface area contributed by atoms with Gasteiger partial charge in [-0.15, -0.1) is 0 Å². The van der Waals surface area contributed by atoms with Crippen LogP contribution in [0.15, 0.2) is 36.7 Å². The van der Waals surface area contributed by atoms with Gasteiger partial charge in [0.05, 0.1) is 6.04 Å². The van der Waals surface area contributed by atoms with Crippen molar-refractivity contribution in [2.45, 2.75) is 38.6 Å². The van der Waals surface area contributed by atoms with Crippen LogP contribution in [0, 0.1) is 12.8 Å². The Balaban J connectivity index is 1.41. The van der Waals surface area contributed by atoms with Crippen LogP contribution in [0.4, 0.5) is 5.69 Å². The van der Waals surface area contributed by atoms with Gasteiger partial charge in [0.15, 0.2) is 0 Å². The SMILES string of the molecule is Cc1nccn1-c1ccc(NC(=O)[C@@H]2CCCN2CC2CC2)cc1. The number of hydrogen-bond donors (Lipinski definition) is 1. The Morgan fingerprint density at radius 1 is 1.25 bits per heavy atom. The molecule has 1 aliphatic carbocycles. The van der Waals surface area contributed by atoms with Gasteiger partial charge in [-0.1, -0.05) is 0 Å². The molecule has 4 rings (SSSR count). The van der Waals surface area contributed by atoms with Crippen molar-refractivity contribution in [3.63, 3.8) is 0 Å². The molecular formula is C19H24N4O. The van der Waals surface area contributed by atoms with Gasteiger partial charge in [0.25, 0.3) is 0 Å². The van der Waals surface area contributed by atoms with Crippen LogP contribution in [0.2, 0.25) is 0 Å². The van der Waals surface area contributed by atoms with Crippen molar-refractivity contribution in [1.82, 2.24) is 14.5 Å². The van der Waals surface area contributed by atoms with Crippen LogP contribution in [0.5, 0.6) is 0 Å². The summed E-state index contributed by atoms with van der Waals surface area (Å²) in [6.07, 6.45) is 8.51. The molecule has 0 spiro atoms. The zero-order valence-electron chi connectivity index (χ0n) is 14.1. The molecule has 126 valence electrons. The summed E-state index contributed by atoms with van der Waals surface area (Å²) in [5.74, 6) is 1.92. The third-order valence-corrected chi connectivity index (χ3v) is 5.09. The number of aryl methyl sites for hydroxylation is 1. The highest BCUT2D eigenvalue weighted by atomic mass is 16.2. The van der Waals surface area contributed by atoms with Crippen LogP contribution in [-0.4, -0.2) is 39.5 Å². The number of benzene rings is 1. The number of likely N-dealkylation sites (tertiary alicyclic amines) is 1. The van der Waals surface area contributed by atoms with E-state index in [-0.39, 0.29) is 11.9 Å². The number of amides is 1. The summed E-state index contributed by atoms with van der Waals surface area (Å²) in [6, 6.07) is 8.00. The van der Waals surface area contributed by atoms with Crippen molar-refractivity contribution in [1.29, 1.82) is 0 Å². The maximum atomic E-state index is 12.6. The van der Waals surface area contributed by atoms with Crippen LogP contribution >= 0.6 is 0 Å². The molecule has 1 aliphatic heterocycles. The average molecular weight is 324 g/mol. The van der Waals surface area contributed by atoms with Crippen LogP contribution in [0.25, 0.3) is 5.69 Å². The van der Waals surface area contributed by atoms with Gasteiger partial charge < -0.3 is 9.88 Å². The highest BCUT2D eigenvalue weighted by Crippen LogP contribution is 2.32. The number of hydrogen-bond acceptors (Lipinski definition) is 3. The van der Waals surface area contributed by atoms with E-state index >= 15 is 0 Å². The van der Waals surface area contributed by atoms with Gasteiger partial charge in [0.1, 0.15) is 5.82 Å². The van der Waals surface area contributed by atoms with E-state index < -0.39 is 0 Å². The summed E-state index contributed by atoms with van der Waals surface area (Å²) < 4.78 is 2.03. The molecule has 0 radical (unpaired) electrons. The zero-order valence-corrected chi connectivity index (χ0v) is 14.1. The lowest BCUT2D eigenvalue weighted by Gasteiger charge is -2.23. The van der Waals surface area contributed by atoms with Crippen LogP contribution in [-0.2, 0) is 4.79 Å². The molecule has 0 unspecified atom stereocenters. The number of anilines is 1. The van der Waals surface area contributed by atoms with E-state index in [0.717, 1.165) is 49.0 Å². The lowest BCUT2D eigenvalue weighted by molar-refractivity contribution is -0.120. The Kier molecular flexibility index (Phi) is 4.10. The second kappa shape index (κ2) is 6.40. The van der Waals surface area contributed by atoms with Gasteiger partial charge in [0.2, 0.25) is 5.91 Å². The van der Waals surface area contributed by atoms with E-state index in [9.17, 15) is 4.79 Å². The van der Waals surface area contributed by atoms with Crippen LogP contribution in [0.3, 0.4) is 0 Å². The molecule has 24 heavy (non-hydrogen) atoms. The zero-order chi connectivity index (χ0) is 16.5. The molecule has 1 amide bonds. The maximum Gasteiger partial charge on any atom is 0.241 e. The molecule has 1 saturated heterocycles. The van der Waals surface area contributed by atoms with Crippen molar-refractivity contribution in [3.8, 4) is 5.69 Å². The van der Waals surface area contributed by atoms with E-state index in [4.69, 9.17) is 0 Å². The molecule has 5 nitrogen and oxygen atoms in total. The Hall–Kier alpha value is -2.14. The molecule has 1 saturated carbocycles. The Bertz CT molecular complexity index is 717. The standard InChI is InChI=1S/C19H24N4O/c1-14-20-10-12-23(14)17-8-6-16(7-9-17)21-19(24)18-3-2-11-22(18)13-15-4-5-15/h6-10,12,15,18H,2-5,11,13H2,1H3,(H,21,24)/t18-/m0/s1. The minimum absolute atomic E-state index is 0.0427. The second-order valence-corrected chi connectivity index (χ2v) is 6.98. The third kappa shape index (κ3) is 3.22. The van der Waals surface area contributed by atoms with E-state index in [1.807, 2.05) is 42.0 Å². The average Bonchev–Trinajstić information content (AvgIpc) is 3.09. The molecule has 0 bridgehead atoms. The fraction of sp³-hybridized carbons (Fsp3) is 0.474. The van der Waals surface area contributed by atoms with Gasteiger partial charge in [-0.05, 0) is 69.3 Å². The molecule has 2 heterocycles. The summed E-state index contributed by atoms with van der Waals surface area (Å²) in [4.78, 5) is 19.2. The summed E-state index contributed by atoms with van der Waals surface area (Å²) >= 11 is 0. The fourth-order valence-corrected chi connectivity index (χ4v) is 3.56. The first-order chi connectivity index (χ1) is 11.7. The molecule has 1 N–H and O–H groups in total. The summed E-state index contributed by atoms with van der Waals surface area (Å²) in [6.45, 7) is 4.13. The van der Waals surface area contributed by atoms with Crippen molar-refractivity contribution in [2.75, 3.05) is 18.4 Å². The van der Waals surface area contributed by atoms with Gasteiger partial charge >= 0.3 is 0 Å². The number of rotatable bonds is 5. The Labute approximate surface area is 142 Å². The summed E-state index contributed by atoms with van der Waals surface area (Å²) in [7, 11) is 0. The number of nitrogens with zero attached hydrogens (tertiary/aromatic N) is 3. The summed E-state index contributed by atoms with van der Waals surface area (Å²) in [5, 5.41) is 3.09. The maximum absolute atomic E-state index is 12.6. The van der Waals surface area contributed by atoms with Crippen molar-refractivity contribution < 1.29 is 4.79 Å². The quantitative estimate of drug-likeness (QED) is 0.920. The summed E-state index contributed by atoms with van der Waals surface area (Å²) in [5.41, 5.74) is 1.92. The number of imidazole rings is 1. The van der Waals surface area contributed by atoms with Gasteiger partial charge in [-0.3, -0.25) is 9.69 Å². The lowest BCUT2D eigenvalue weighted by Crippen LogP contribution is -2.40. The van der Waals surface area contributed by atoms with Crippen molar-refractivity contribution in [2.24, 2.45) is 5.92 Å². The first-order valence-corrected chi connectivity index (χ1v) is 8.86. The number of carbonyl (C=O) groups excluding carboxylic acids is 1. The smallest absolute Gasteiger partial charge is 0.241 e. The van der Waals surface area contributed by atoms with Crippen molar-refractivity contribution in [3.05, 3.63) is 42.5 Å². The van der Waals surface area contributed by atoms with Gasteiger partial charge in [-0.2, -0.15) is 0 Å². The highest BCUT2D eigenvalue weighted by molar-refractivity contribution is 5.95. The minimum atomic E-state index is 0.0427. The predicted molar refractivity (Wildman–Crippen MR) is 94.2 cm³/mol. The molecule has 1 aromatic heterocycles. The minimum Gasteiger partial charge on any atom is -0.325 e. The topological polar surface area (TPSA) is 50.2 Å². The Morgan fingerprint density at radius 2 is 2.04 bits per heavy atom. The van der Waals surface area contributed by atoms with E-state index in [0.29, 0.717) is 0 Å². The highest BCUT2D eigenvalue weighted by Gasteiger charge is 2.34. The number of carbonyl (C=O) groups is 1. The molecule has 2 aliphatic rings. The van der Waals surface area contributed by atoms with Gasteiger partial charge in [0, 0.05) is 30.3 Å². The normalized spacial score (nSPS) is 21.1. The predicted octanol–water partition coefficient (Wildman–Crippen LogP) is 2.99. The second-order valence-electron chi connectivity index (χ2n) is 6.98. The third-order valence-electron chi connectivity index (χ3n) is 5.09. The van der Waals surface area contributed by atoms with Crippen molar-refractivity contribution >= 4 is 11.6 Å². The van der Waals surface area contributed by atoms with E-state index in [2.05, 4.69) is 15.2 Å². The molecule has 5 heteroatoms. The molecule has 1 aromatic carbocycles. The lowest BCUT2D eigenvalue weighted by atomic mass is 10.2. The number of nitrogens with one attached hydrogen (secondary N) is 1. The largest absolute Gasteiger partial charge is 0.325 e. The van der Waals surface area contributed by atoms with Gasteiger partial charge in [-0.25, -0.2) is 4.98 Å². The first-order valence-electron chi connectivity index (χ1n) is 8.86. The van der Waals surface area contributed by atoms with E-state index in [1.54, 1.807) is 6.20 Å². The molecule has 2 fully saturated rings. The number of aromatic nitrogens is 2. The van der Waals surface area contributed by atoms with Crippen LogP contribution in [0.1, 0.15) is 31.5 Å². The molecule has 2 aromatic rings. The monoisotopic (exact) mass is 324 g/mol. The first kappa shape index (κ1) is 15.4. The molecular weight excluding hydrogens is 300 g/mol. The van der Waals surface area contributed by atoms with Crippen LogP contribution < -0.4 is 5.32 Å². The fourth-order valence-electron chi connectivity index (χ4n) is 3.56. The molecule has 1 atom stereocenters. The van der Waals surface area contributed by atoms with E-state index in [1.165, 1.54) is 12.8 Å². The Morgan fingerprint density at radius 3 is 2.71 bits per heavy atom.